The number of hydrogen-bond donors (Lipinski definition) is 0. The molecular weight excluding hydrogens is 433 g/mol. The zero-order chi connectivity index (χ0) is 20.8. The van der Waals surface area contributed by atoms with E-state index in [4.69, 9.17) is 49.1 Å². The Labute approximate surface area is 184 Å². The second-order valence-electron chi connectivity index (χ2n) is 6.01. The number of benzene rings is 3. The first-order chi connectivity index (χ1) is 14.0. The van der Waals surface area contributed by atoms with Gasteiger partial charge in [-0.15, -0.1) is 0 Å². The fourth-order valence-electron chi connectivity index (χ4n) is 2.71. The highest BCUT2D eigenvalue weighted by Crippen LogP contribution is 2.31. The van der Waals surface area contributed by atoms with Crippen molar-refractivity contribution in [3.8, 4) is 11.5 Å². The largest absolute Gasteiger partial charge is 0.497 e. The van der Waals surface area contributed by atoms with E-state index in [1.807, 2.05) is 48.5 Å². The van der Waals surface area contributed by atoms with Crippen LogP contribution in [-0.4, -0.2) is 19.4 Å². The molecule has 3 rings (SSSR count). The molecule has 7 heteroatoms. The minimum atomic E-state index is -0.512. The van der Waals surface area contributed by atoms with Crippen molar-refractivity contribution < 1.29 is 14.3 Å². The van der Waals surface area contributed by atoms with Crippen LogP contribution < -0.4 is 9.47 Å². The van der Waals surface area contributed by atoms with E-state index in [0.29, 0.717) is 15.6 Å². The average molecular weight is 451 g/mol. The maximum atomic E-state index is 6.35. The predicted octanol–water partition coefficient (Wildman–Crippen LogP) is 6.72. The second-order valence-corrected chi connectivity index (χ2v) is 7.18. The summed E-state index contributed by atoms with van der Waals surface area (Å²) in [5.41, 5.74) is 2.16. The lowest BCUT2D eigenvalue weighted by molar-refractivity contribution is 0.0882. The number of halogens is 3. The van der Waals surface area contributed by atoms with Gasteiger partial charge in [0.25, 0.3) is 0 Å². The molecule has 3 aromatic carbocycles. The number of oxime groups is 1. The molecule has 0 atom stereocenters. The third-order valence-electron chi connectivity index (χ3n) is 4.24. The molecule has 0 fully saturated rings. The highest BCUT2D eigenvalue weighted by molar-refractivity contribution is 6.71. The van der Waals surface area contributed by atoms with Crippen molar-refractivity contribution in [3.63, 3.8) is 0 Å². The third-order valence-corrected chi connectivity index (χ3v) is 5.13. The van der Waals surface area contributed by atoms with Crippen LogP contribution in [0.1, 0.15) is 22.8 Å². The number of nitrogens with zero attached hydrogens (tertiary/aromatic N) is 1. The van der Waals surface area contributed by atoms with Gasteiger partial charge in [0.1, 0.15) is 11.5 Å². The van der Waals surface area contributed by atoms with Crippen LogP contribution >= 0.6 is 34.8 Å². The van der Waals surface area contributed by atoms with Crippen LogP contribution in [0.2, 0.25) is 10.0 Å². The van der Waals surface area contributed by atoms with Crippen molar-refractivity contribution >= 4 is 40.0 Å². The Morgan fingerprint density at radius 3 is 1.62 bits per heavy atom. The van der Waals surface area contributed by atoms with E-state index in [1.54, 1.807) is 32.4 Å². The van der Waals surface area contributed by atoms with Gasteiger partial charge in [-0.3, -0.25) is 0 Å². The van der Waals surface area contributed by atoms with E-state index in [2.05, 4.69) is 5.16 Å². The van der Waals surface area contributed by atoms with Gasteiger partial charge in [0.05, 0.1) is 29.8 Å². The molecule has 0 unspecified atom stereocenters. The molecule has 0 aliphatic carbocycles. The van der Waals surface area contributed by atoms with Gasteiger partial charge in [-0.2, -0.15) is 0 Å². The number of ether oxygens (including phenoxy) is 2. The Bertz CT molecular complexity index is 921. The summed E-state index contributed by atoms with van der Waals surface area (Å²) in [7, 11) is 3.23. The van der Waals surface area contributed by atoms with E-state index in [-0.39, 0.29) is 5.17 Å². The molecule has 0 heterocycles. The standard InChI is InChI=1S/C22H18Cl3NO3/c1-27-16-10-6-14(7-11-16)21(15-8-12-17(28-2)13-9-15)29-26-22(25)20-18(23)4-3-5-19(20)24/h3-13,21H,1-2H3/b26-22-. The fraction of sp³-hybridized carbons (Fsp3) is 0.136. The quantitative estimate of drug-likeness (QED) is 0.296. The van der Waals surface area contributed by atoms with Gasteiger partial charge >= 0.3 is 0 Å². The van der Waals surface area contributed by atoms with Crippen LogP contribution in [0.5, 0.6) is 11.5 Å². The van der Waals surface area contributed by atoms with Crippen molar-refractivity contribution in [3.05, 3.63) is 93.5 Å². The molecule has 29 heavy (non-hydrogen) atoms. The molecular formula is C22H18Cl3NO3. The molecule has 0 aromatic heterocycles. The Hall–Kier alpha value is -2.40. The monoisotopic (exact) mass is 449 g/mol. The van der Waals surface area contributed by atoms with Gasteiger partial charge in [0, 0.05) is 0 Å². The smallest absolute Gasteiger partial charge is 0.178 e. The molecule has 0 saturated heterocycles. The second kappa shape index (κ2) is 9.88. The molecule has 0 aliphatic rings. The first-order valence-corrected chi connectivity index (χ1v) is 9.78. The molecule has 0 bridgehead atoms. The lowest BCUT2D eigenvalue weighted by Crippen LogP contribution is -2.05. The van der Waals surface area contributed by atoms with Crippen LogP contribution in [0.25, 0.3) is 0 Å². The maximum Gasteiger partial charge on any atom is 0.178 e. The maximum absolute atomic E-state index is 6.35. The van der Waals surface area contributed by atoms with Gasteiger partial charge in [-0.1, -0.05) is 70.3 Å². The number of rotatable bonds is 7. The summed E-state index contributed by atoms with van der Waals surface area (Å²) in [4.78, 5) is 5.84. The SMILES string of the molecule is COc1ccc(C(O/N=C(\Cl)c2c(Cl)cccc2Cl)c2ccc(OC)cc2)cc1. The zero-order valence-corrected chi connectivity index (χ0v) is 18.0. The van der Waals surface area contributed by atoms with Gasteiger partial charge in [0.15, 0.2) is 11.3 Å². The van der Waals surface area contributed by atoms with Crippen LogP contribution in [0.3, 0.4) is 0 Å². The minimum absolute atomic E-state index is 0.0626. The molecule has 0 aliphatic heterocycles. The number of methoxy groups -OCH3 is 2. The Morgan fingerprint density at radius 2 is 1.21 bits per heavy atom. The van der Waals surface area contributed by atoms with Crippen molar-refractivity contribution in [2.75, 3.05) is 14.2 Å². The van der Waals surface area contributed by atoms with Gasteiger partial charge < -0.3 is 14.3 Å². The summed E-state index contributed by atoms with van der Waals surface area (Å²) in [5, 5.41) is 4.95. The van der Waals surface area contributed by atoms with E-state index in [1.165, 1.54) is 0 Å². The van der Waals surface area contributed by atoms with Crippen molar-refractivity contribution in [2.24, 2.45) is 5.16 Å². The van der Waals surface area contributed by atoms with Gasteiger partial charge in [0.2, 0.25) is 0 Å². The van der Waals surface area contributed by atoms with Crippen LogP contribution in [-0.2, 0) is 4.84 Å². The lowest BCUT2D eigenvalue weighted by atomic mass is 10.0. The van der Waals surface area contributed by atoms with E-state index in [9.17, 15) is 0 Å². The first kappa shape index (κ1) is 21.3. The first-order valence-electron chi connectivity index (χ1n) is 8.65. The van der Waals surface area contributed by atoms with Gasteiger partial charge in [-0.05, 0) is 47.5 Å². The van der Waals surface area contributed by atoms with E-state index >= 15 is 0 Å². The summed E-state index contributed by atoms with van der Waals surface area (Å²) >= 11 is 18.8. The molecule has 0 saturated carbocycles. The molecule has 3 aromatic rings. The summed E-state index contributed by atoms with van der Waals surface area (Å²) in [6.45, 7) is 0. The normalized spacial score (nSPS) is 11.4. The van der Waals surface area contributed by atoms with Crippen molar-refractivity contribution in [1.82, 2.24) is 0 Å². The van der Waals surface area contributed by atoms with E-state index in [0.717, 1.165) is 22.6 Å². The summed E-state index contributed by atoms with van der Waals surface area (Å²) in [6.07, 6.45) is -0.512. The fourth-order valence-corrected chi connectivity index (χ4v) is 3.63. The molecule has 0 radical (unpaired) electrons. The zero-order valence-electron chi connectivity index (χ0n) is 15.7. The third kappa shape index (κ3) is 5.15. The Kier molecular flexibility index (Phi) is 7.26. The van der Waals surface area contributed by atoms with E-state index < -0.39 is 6.10 Å². The average Bonchev–Trinajstić information content (AvgIpc) is 2.74. The van der Waals surface area contributed by atoms with Crippen LogP contribution in [0.15, 0.2) is 71.9 Å². The van der Waals surface area contributed by atoms with Crippen molar-refractivity contribution in [2.45, 2.75) is 6.10 Å². The Morgan fingerprint density at radius 1 is 0.759 bits per heavy atom. The number of hydrogen-bond acceptors (Lipinski definition) is 4. The topological polar surface area (TPSA) is 40.0 Å². The molecule has 0 N–H and O–H groups in total. The molecule has 0 amide bonds. The molecule has 0 spiro atoms. The molecule has 150 valence electrons. The van der Waals surface area contributed by atoms with Gasteiger partial charge in [-0.25, -0.2) is 0 Å². The minimum Gasteiger partial charge on any atom is -0.497 e. The summed E-state index contributed by atoms with van der Waals surface area (Å²) < 4.78 is 10.5. The predicted molar refractivity (Wildman–Crippen MR) is 118 cm³/mol. The Balaban J connectivity index is 1.95. The summed E-state index contributed by atoms with van der Waals surface area (Å²) in [5.74, 6) is 1.48. The van der Waals surface area contributed by atoms with Crippen LogP contribution in [0, 0.1) is 0 Å². The highest BCUT2D eigenvalue weighted by Gasteiger charge is 2.18. The molecule has 4 nitrogen and oxygen atoms in total. The van der Waals surface area contributed by atoms with Crippen molar-refractivity contribution in [1.29, 1.82) is 0 Å². The lowest BCUT2D eigenvalue weighted by Gasteiger charge is -2.17. The summed E-state index contributed by atoms with van der Waals surface area (Å²) in [6, 6.07) is 20.1. The van der Waals surface area contributed by atoms with Crippen LogP contribution in [0.4, 0.5) is 0 Å². The highest BCUT2D eigenvalue weighted by atomic mass is 35.5.